The summed E-state index contributed by atoms with van der Waals surface area (Å²) in [6.45, 7) is 6.34. The van der Waals surface area contributed by atoms with Crippen LogP contribution < -0.4 is 20.9 Å². The molecule has 3 atom stereocenters. The Hall–Kier alpha value is -7.54. The molecule has 6 aromatic rings. The van der Waals surface area contributed by atoms with Gasteiger partial charge in [-0.25, -0.2) is 10.1 Å². The van der Waals surface area contributed by atoms with Gasteiger partial charge < -0.3 is 41.1 Å². The minimum absolute atomic E-state index is 0.00368. The van der Waals surface area contributed by atoms with Gasteiger partial charge in [0.1, 0.15) is 16.5 Å². The summed E-state index contributed by atoms with van der Waals surface area (Å²) in [7, 11) is -14.1. The van der Waals surface area contributed by atoms with Crippen LogP contribution in [0.3, 0.4) is 0 Å². The summed E-state index contributed by atoms with van der Waals surface area (Å²) in [5, 5.41) is 47.5. The SMILES string of the molecule is C=C(OO)C(Nc1nc(Cc2ccccc2S(=O)(=O)O)nc(Nc2ccc(/C=C/c3ccc(Cc4nc(Nc5cccc(S(=O)(=O)O)c5)nc(N(CC(C)O)CC(C)O)n4)cc3S(=O)(=O)O)cc2)n1)C(=O)O. The van der Waals surface area contributed by atoms with Gasteiger partial charge in [-0.2, -0.15) is 55.2 Å². The summed E-state index contributed by atoms with van der Waals surface area (Å²) in [5.74, 6) is -2.79. The smallest absolute Gasteiger partial charge is 0.334 e. The molecule has 6 rings (SSSR count). The van der Waals surface area contributed by atoms with E-state index in [0.29, 0.717) is 16.8 Å². The van der Waals surface area contributed by atoms with Gasteiger partial charge >= 0.3 is 5.97 Å². The summed E-state index contributed by atoms with van der Waals surface area (Å²) in [6, 6.07) is 19.5. The number of anilines is 6. The molecule has 0 saturated carbocycles. The summed E-state index contributed by atoms with van der Waals surface area (Å²) < 4.78 is 103. The molecule has 28 heteroatoms. The molecule has 25 nitrogen and oxygen atoms in total. The normalized spacial score (nSPS) is 13.2. The van der Waals surface area contributed by atoms with Crippen LogP contribution in [0.4, 0.5) is 35.2 Å². The van der Waals surface area contributed by atoms with Crippen molar-refractivity contribution in [2.24, 2.45) is 0 Å². The first-order valence-electron chi connectivity index (χ1n) is 21.0. The standard InChI is InChI=1S/C44H46N10O15S3/c1-25(55)23-54(24-26(2)56)44-50-37(47-42(53-44)46-33-8-6-9-34(22-33)70(60,61)62)20-29-12-16-30(36(19-29)72(66,67)68)15-11-28-13-17-32(18-14-28)45-41-48-38(21-31-7-4-5-10-35(31)71(63,64)65)49-43(52-41)51-39(40(57)58)27(3)69-59/h4-19,22,25-26,39,55-56,59H,3,20-21,23-24H2,1-2H3,(H,57,58)(H,60,61,62)(H,63,64,65)(H,66,67,68)(H,46,47,50,53)(H2,45,48,49,51,52)/b15-11+. The van der Waals surface area contributed by atoms with Crippen molar-refractivity contribution in [1.82, 2.24) is 29.9 Å². The zero-order chi connectivity index (χ0) is 52.5. The van der Waals surface area contributed by atoms with E-state index in [9.17, 15) is 59.0 Å². The molecule has 0 aliphatic carbocycles. The topological polar surface area (TPSA) is 387 Å². The zero-order valence-corrected chi connectivity index (χ0v) is 40.3. The molecule has 0 aliphatic rings. The molecule has 4 aromatic carbocycles. The highest BCUT2D eigenvalue weighted by Crippen LogP contribution is 2.26. The summed E-state index contributed by atoms with van der Waals surface area (Å²) in [6.07, 6.45) is 0.774. The van der Waals surface area contributed by atoms with Gasteiger partial charge in [-0.3, -0.25) is 13.7 Å². The number of hydrogen-bond donors (Lipinski definition) is 10. The number of nitrogens with zero attached hydrogens (tertiary/aromatic N) is 7. The van der Waals surface area contributed by atoms with E-state index in [4.69, 9.17) is 5.26 Å². The van der Waals surface area contributed by atoms with Crippen LogP contribution in [-0.2, 0) is 52.9 Å². The third-order valence-electron chi connectivity index (χ3n) is 9.89. The maximum Gasteiger partial charge on any atom is 0.334 e. The van der Waals surface area contributed by atoms with Crippen molar-refractivity contribution in [1.29, 1.82) is 0 Å². The molecule has 0 fully saturated rings. The number of carbonyl (C=O) groups is 1. The summed E-state index contributed by atoms with van der Waals surface area (Å²) in [4.78, 5) is 42.2. The highest BCUT2D eigenvalue weighted by atomic mass is 32.2. The Morgan fingerprint density at radius 2 is 1.29 bits per heavy atom. The molecule has 3 unspecified atom stereocenters. The number of rotatable bonds is 23. The van der Waals surface area contributed by atoms with Crippen molar-refractivity contribution in [3.8, 4) is 0 Å². The van der Waals surface area contributed by atoms with E-state index in [1.54, 1.807) is 36.4 Å². The molecule has 0 saturated heterocycles. The van der Waals surface area contributed by atoms with E-state index in [1.165, 1.54) is 79.4 Å². The average molecular weight is 1050 g/mol. The molecule has 0 aliphatic heterocycles. The van der Waals surface area contributed by atoms with Crippen LogP contribution >= 0.6 is 0 Å². The van der Waals surface area contributed by atoms with Crippen LogP contribution in [-0.4, -0.2) is 127 Å². The van der Waals surface area contributed by atoms with Crippen LogP contribution in [0.5, 0.6) is 0 Å². The van der Waals surface area contributed by atoms with Crippen LogP contribution in [0.2, 0.25) is 0 Å². The molecule has 0 radical (unpaired) electrons. The number of carboxylic acids is 1. The first-order chi connectivity index (χ1) is 33.8. The number of carboxylic acid groups (broad SMARTS) is 1. The molecule has 10 N–H and O–H groups in total. The van der Waals surface area contributed by atoms with Gasteiger partial charge in [0.15, 0.2) is 11.8 Å². The number of aliphatic hydroxyl groups is 2. The van der Waals surface area contributed by atoms with Crippen molar-refractivity contribution in [2.75, 3.05) is 33.9 Å². The Morgan fingerprint density at radius 3 is 1.90 bits per heavy atom. The van der Waals surface area contributed by atoms with E-state index in [2.05, 4.69) is 57.3 Å². The minimum atomic E-state index is -4.85. The molecule has 0 amide bonds. The first kappa shape index (κ1) is 53.8. The van der Waals surface area contributed by atoms with Crippen molar-refractivity contribution in [3.05, 3.63) is 137 Å². The van der Waals surface area contributed by atoms with E-state index in [-0.39, 0.29) is 78.2 Å². The Labute approximate surface area is 411 Å². The number of benzene rings is 4. The molecule has 72 heavy (non-hydrogen) atoms. The predicted molar refractivity (Wildman–Crippen MR) is 259 cm³/mol. The van der Waals surface area contributed by atoms with Gasteiger partial charge in [0, 0.05) is 37.3 Å². The number of aromatic nitrogens is 6. The van der Waals surface area contributed by atoms with Gasteiger partial charge in [0.05, 0.1) is 22.0 Å². The average Bonchev–Trinajstić information content (AvgIpc) is 3.29. The number of aliphatic carboxylic acids is 1. The van der Waals surface area contributed by atoms with Gasteiger partial charge in [-0.05, 0) is 78.6 Å². The minimum Gasteiger partial charge on any atom is -0.479 e. The highest BCUT2D eigenvalue weighted by Gasteiger charge is 2.26. The van der Waals surface area contributed by atoms with Crippen molar-refractivity contribution in [2.45, 2.75) is 59.6 Å². The fourth-order valence-electron chi connectivity index (χ4n) is 6.80. The maximum absolute atomic E-state index is 12.8. The molecule has 2 aromatic heterocycles. The zero-order valence-electron chi connectivity index (χ0n) is 37.8. The first-order valence-corrected chi connectivity index (χ1v) is 25.3. The lowest BCUT2D eigenvalue weighted by molar-refractivity contribution is -0.207. The molecule has 0 bridgehead atoms. The number of aliphatic hydroxyl groups excluding tert-OH is 2. The molecule has 0 spiro atoms. The van der Waals surface area contributed by atoms with Gasteiger partial charge in [0.25, 0.3) is 30.4 Å². The fraction of sp³-hybridized carbons (Fsp3) is 0.205. The van der Waals surface area contributed by atoms with E-state index < -0.39 is 75.0 Å². The second-order valence-electron chi connectivity index (χ2n) is 15.8. The van der Waals surface area contributed by atoms with Crippen LogP contribution in [0.15, 0.2) is 118 Å². The molecule has 380 valence electrons. The monoisotopic (exact) mass is 1050 g/mol. The van der Waals surface area contributed by atoms with E-state index in [1.807, 2.05) is 0 Å². The largest absolute Gasteiger partial charge is 0.479 e. The van der Waals surface area contributed by atoms with Crippen molar-refractivity contribution < 1.29 is 69.2 Å². The summed E-state index contributed by atoms with van der Waals surface area (Å²) >= 11 is 0. The maximum atomic E-state index is 12.8. The van der Waals surface area contributed by atoms with E-state index in [0.717, 1.165) is 6.07 Å². The van der Waals surface area contributed by atoms with E-state index >= 15 is 0 Å². The number of nitrogens with one attached hydrogen (secondary N) is 3. The van der Waals surface area contributed by atoms with Crippen LogP contribution in [0.25, 0.3) is 12.2 Å². The second-order valence-corrected chi connectivity index (χ2v) is 20.0. The van der Waals surface area contributed by atoms with Crippen molar-refractivity contribution >= 4 is 83.6 Å². The Balaban J connectivity index is 1.27. The van der Waals surface area contributed by atoms with Crippen LogP contribution in [0, 0.1) is 0 Å². The number of hydrogen-bond acceptors (Lipinski definition) is 21. The van der Waals surface area contributed by atoms with Gasteiger partial charge in [-0.1, -0.05) is 67.3 Å². The predicted octanol–water partition coefficient (Wildman–Crippen LogP) is 4.07. The highest BCUT2D eigenvalue weighted by molar-refractivity contribution is 7.86. The van der Waals surface area contributed by atoms with Gasteiger partial charge in [-0.15, -0.1) is 0 Å². The van der Waals surface area contributed by atoms with Gasteiger partial charge in [0.2, 0.25) is 23.8 Å². The lowest BCUT2D eigenvalue weighted by Gasteiger charge is -2.26. The Morgan fingerprint density at radius 1 is 0.681 bits per heavy atom. The fourth-order valence-corrected chi connectivity index (χ4v) is 8.78. The van der Waals surface area contributed by atoms with Crippen LogP contribution in [0.1, 0.15) is 47.8 Å². The summed E-state index contributed by atoms with van der Waals surface area (Å²) in [5.41, 5.74) is 1.58. The quantitative estimate of drug-likeness (QED) is 0.0142. The Bertz CT molecular complexity index is 3340. The lowest BCUT2D eigenvalue weighted by Crippen LogP contribution is -2.38. The third kappa shape index (κ3) is 15.0. The molecular formula is C44H46N10O15S3. The second kappa shape index (κ2) is 22.7. The third-order valence-corrected chi connectivity index (χ3v) is 12.6. The molecule has 2 heterocycles. The Kier molecular flexibility index (Phi) is 17.0. The molecular weight excluding hydrogens is 1000 g/mol. The van der Waals surface area contributed by atoms with Crippen molar-refractivity contribution in [3.63, 3.8) is 0 Å². The lowest BCUT2D eigenvalue weighted by atomic mass is 10.1.